The maximum atomic E-state index is 12.1. The fourth-order valence-electron chi connectivity index (χ4n) is 2.18. The van der Waals surface area contributed by atoms with Gasteiger partial charge in [-0.3, -0.25) is 4.79 Å². The minimum absolute atomic E-state index is 0.125. The predicted octanol–water partition coefficient (Wildman–Crippen LogP) is 3.10. The van der Waals surface area contributed by atoms with Crippen LogP contribution in [-0.2, 0) is 17.8 Å². The van der Waals surface area contributed by atoms with Crippen molar-refractivity contribution in [1.29, 1.82) is 0 Å². The van der Waals surface area contributed by atoms with Gasteiger partial charge in [0.25, 0.3) is 5.56 Å². The van der Waals surface area contributed by atoms with E-state index in [4.69, 9.17) is 0 Å². The van der Waals surface area contributed by atoms with Gasteiger partial charge in [-0.25, -0.2) is 4.98 Å². The van der Waals surface area contributed by atoms with Gasteiger partial charge >= 0.3 is 6.18 Å². The van der Waals surface area contributed by atoms with Crippen molar-refractivity contribution in [2.75, 3.05) is 12.4 Å². The predicted molar refractivity (Wildman–Crippen MR) is 75.0 cm³/mol. The molecule has 21 heavy (non-hydrogen) atoms. The van der Waals surface area contributed by atoms with Crippen LogP contribution in [0, 0.1) is 0 Å². The highest BCUT2D eigenvalue weighted by Crippen LogP contribution is 2.39. The van der Waals surface area contributed by atoms with Gasteiger partial charge in [0.05, 0.1) is 9.60 Å². The SMILES string of the molecule is O=c1[nH]c(COCC(F)(F)F)nc2sc3c(c12)CCCS3. The molecule has 1 aliphatic rings. The number of halogens is 3. The molecule has 1 N–H and O–H groups in total. The number of H-pyrrole nitrogens is 1. The Morgan fingerprint density at radius 2 is 2.19 bits per heavy atom. The Morgan fingerprint density at radius 1 is 1.38 bits per heavy atom. The summed E-state index contributed by atoms with van der Waals surface area (Å²) in [6.07, 6.45) is -2.53. The zero-order valence-electron chi connectivity index (χ0n) is 10.7. The van der Waals surface area contributed by atoms with E-state index in [9.17, 15) is 18.0 Å². The van der Waals surface area contributed by atoms with Gasteiger partial charge in [0.1, 0.15) is 23.9 Å². The van der Waals surface area contributed by atoms with Crippen LogP contribution in [0.4, 0.5) is 13.2 Å². The lowest BCUT2D eigenvalue weighted by Gasteiger charge is -2.09. The van der Waals surface area contributed by atoms with Crippen LogP contribution in [0.15, 0.2) is 9.00 Å². The first-order valence-electron chi connectivity index (χ1n) is 6.26. The Hall–Kier alpha value is -1.06. The summed E-state index contributed by atoms with van der Waals surface area (Å²) in [5, 5.41) is 0.571. The summed E-state index contributed by atoms with van der Waals surface area (Å²) in [7, 11) is 0. The maximum Gasteiger partial charge on any atom is 0.411 e. The van der Waals surface area contributed by atoms with E-state index < -0.39 is 12.8 Å². The van der Waals surface area contributed by atoms with Gasteiger partial charge < -0.3 is 9.72 Å². The third-order valence-corrected chi connectivity index (χ3v) is 5.51. The summed E-state index contributed by atoms with van der Waals surface area (Å²) < 4.78 is 41.7. The lowest BCUT2D eigenvalue weighted by Crippen LogP contribution is -2.19. The van der Waals surface area contributed by atoms with Gasteiger partial charge in [-0.1, -0.05) is 0 Å². The molecule has 9 heteroatoms. The summed E-state index contributed by atoms with van der Waals surface area (Å²) in [6, 6.07) is 0. The van der Waals surface area contributed by atoms with Gasteiger partial charge in [-0.05, 0) is 24.2 Å². The number of thioether (sulfide) groups is 1. The normalized spacial score (nSPS) is 15.4. The molecule has 0 aliphatic carbocycles. The molecule has 0 atom stereocenters. The number of nitrogens with one attached hydrogen (secondary N) is 1. The van der Waals surface area contributed by atoms with Crippen molar-refractivity contribution in [3.05, 3.63) is 21.7 Å². The van der Waals surface area contributed by atoms with Gasteiger partial charge in [0.2, 0.25) is 0 Å². The molecular weight excluding hydrogens is 325 g/mol. The Balaban J connectivity index is 1.87. The highest BCUT2D eigenvalue weighted by Gasteiger charge is 2.27. The van der Waals surface area contributed by atoms with E-state index >= 15 is 0 Å². The van der Waals surface area contributed by atoms with Gasteiger partial charge in [-0.2, -0.15) is 13.2 Å². The van der Waals surface area contributed by atoms with Crippen LogP contribution in [-0.4, -0.2) is 28.5 Å². The zero-order chi connectivity index (χ0) is 15.0. The smallest absolute Gasteiger partial charge is 0.364 e. The first-order chi connectivity index (χ1) is 9.94. The number of fused-ring (bicyclic) bond motifs is 3. The summed E-state index contributed by atoms with van der Waals surface area (Å²) in [6.45, 7) is -1.72. The first kappa shape index (κ1) is 14.9. The standard InChI is InChI=1S/C12H11F3N2O2S2/c13-12(14,15)5-19-4-7-16-9(18)8-6-2-1-3-20-11(6)21-10(8)17-7/h1-5H2,(H,16,17,18). The Labute approximate surface area is 125 Å². The van der Waals surface area contributed by atoms with E-state index in [1.807, 2.05) is 0 Å². The van der Waals surface area contributed by atoms with Crippen molar-refractivity contribution >= 4 is 33.3 Å². The van der Waals surface area contributed by atoms with Crippen molar-refractivity contribution in [3.63, 3.8) is 0 Å². The fourth-order valence-corrected chi connectivity index (χ4v) is 4.73. The Kier molecular flexibility index (Phi) is 3.98. The number of thiophene rings is 1. The first-order valence-corrected chi connectivity index (χ1v) is 8.06. The van der Waals surface area contributed by atoms with E-state index in [-0.39, 0.29) is 18.0 Å². The molecule has 3 rings (SSSR count). The molecule has 0 fully saturated rings. The number of alkyl halides is 3. The Morgan fingerprint density at radius 3 is 2.95 bits per heavy atom. The number of ether oxygens (including phenoxy) is 1. The number of hydrogen-bond acceptors (Lipinski definition) is 5. The third kappa shape index (κ3) is 3.24. The van der Waals surface area contributed by atoms with Crippen LogP contribution in [0.3, 0.4) is 0 Å². The highest BCUT2D eigenvalue weighted by atomic mass is 32.2. The average Bonchev–Trinajstić information content (AvgIpc) is 2.75. The van der Waals surface area contributed by atoms with Crippen LogP contribution in [0.5, 0.6) is 0 Å². The van der Waals surface area contributed by atoms with Crippen LogP contribution in [0.25, 0.3) is 10.2 Å². The molecule has 114 valence electrons. The molecule has 0 bridgehead atoms. The topological polar surface area (TPSA) is 55.0 Å². The fraction of sp³-hybridized carbons (Fsp3) is 0.500. The van der Waals surface area contributed by atoms with Crippen molar-refractivity contribution in [2.45, 2.75) is 29.8 Å². The van der Waals surface area contributed by atoms with Crippen LogP contribution in [0.1, 0.15) is 17.8 Å². The second-order valence-corrected chi connectivity index (χ2v) is 6.98. The minimum atomic E-state index is -4.39. The molecule has 0 saturated heterocycles. The van der Waals surface area contributed by atoms with Crippen molar-refractivity contribution in [1.82, 2.24) is 9.97 Å². The summed E-state index contributed by atoms with van der Waals surface area (Å²) in [5.41, 5.74) is 0.716. The molecule has 2 aromatic rings. The van der Waals surface area contributed by atoms with Crippen LogP contribution < -0.4 is 5.56 Å². The largest absolute Gasteiger partial charge is 0.411 e. The zero-order valence-corrected chi connectivity index (χ0v) is 12.4. The lowest BCUT2D eigenvalue weighted by atomic mass is 10.1. The summed E-state index contributed by atoms with van der Waals surface area (Å²) in [5.74, 6) is 1.14. The van der Waals surface area contributed by atoms with Gasteiger partial charge in [0, 0.05) is 0 Å². The lowest BCUT2D eigenvalue weighted by molar-refractivity contribution is -0.177. The van der Waals surface area contributed by atoms with Crippen molar-refractivity contribution < 1.29 is 17.9 Å². The average molecular weight is 336 g/mol. The van der Waals surface area contributed by atoms with Crippen molar-refractivity contribution in [3.8, 4) is 0 Å². The van der Waals surface area contributed by atoms with E-state index in [0.29, 0.717) is 10.2 Å². The molecule has 2 aromatic heterocycles. The number of aromatic amines is 1. The highest BCUT2D eigenvalue weighted by molar-refractivity contribution is 8.01. The molecule has 0 aromatic carbocycles. The van der Waals surface area contributed by atoms with Gasteiger partial charge in [-0.15, -0.1) is 23.1 Å². The van der Waals surface area contributed by atoms with E-state index in [1.54, 1.807) is 11.8 Å². The van der Waals surface area contributed by atoms with Crippen LogP contribution >= 0.6 is 23.1 Å². The molecule has 0 saturated carbocycles. The second kappa shape index (κ2) is 5.62. The molecule has 0 radical (unpaired) electrons. The molecule has 0 amide bonds. The number of aromatic nitrogens is 2. The van der Waals surface area contributed by atoms with Crippen molar-refractivity contribution in [2.24, 2.45) is 0 Å². The second-order valence-electron chi connectivity index (χ2n) is 4.62. The van der Waals surface area contributed by atoms with E-state index in [2.05, 4.69) is 14.7 Å². The molecule has 4 nitrogen and oxygen atoms in total. The maximum absolute atomic E-state index is 12.1. The number of aryl methyl sites for hydroxylation is 1. The molecule has 0 unspecified atom stereocenters. The number of hydrogen-bond donors (Lipinski definition) is 1. The molecule has 3 heterocycles. The monoisotopic (exact) mass is 336 g/mol. The summed E-state index contributed by atoms with van der Waals surface area (Å²) in [4.78, 5) is 19.4. The Bertz CT molecular complexity index is 724. The van der Waals surface area contributed by atoms with E-state index in [0.717, 1.165) is 28.4 Å². The van der Waals surface area contributed by atoms with E-state index in [1.165, 1.54) is 11.3 Å². The molecule has 1 aliphatic heterocycles. The minimum Gasteiger partial charge on any atom is -0.364 e. The quantitative estimate of drug-likeness (QED) is 0.936. The molecular formula is C12H11F3N2O2S2. The number of nitrogens with zero attached hydrogens (tertiary/aromatic N) is 1. The number of rotatable bonds is 3. The van der Waals surface area contributed by atoms with Gasteiger partial charge in [0.15, 0.2) is 0 Å². The molecule has 0 spiro atoms. The summed E-state index contributed by atoms with van der Waals surface area (Å²) >= 11 is 3.12. The van der Waals surface area contributed by atoms with Crippen LogP contribution in [0.2, 0.25) is 0 Å². The third-order valence-electron chi connectivity index (χ3n) is 2.98.